The van der Waals surface area contributed by atoms with Gasteiger partial charge in [0, 0.05) is 26.3 Å². The van der Waals surface area contributed by atoms with Gasteiger partial charge in [0.05, 0.1) is 6.54 Å². The molecule has 1 aliphatic heterocycles. The fourth-order valence-electron chi connectivity index (χ4n) is 1.60. The summed E-state index contributed by atoms with van der Waals surface area (Å²) in [5.41, 5.74) is 0. The van der Waals surface area contributed by atoms with Crippen LogP contribution in [0.5, 0.6) is 0 Å². The first kappa shape index (κ1) is 12.1. The maximum absolute atomic E-state index is 12.2. The molecule has 1 N–H and O–H groups in total. The Kier molecular flexibility index (Phi) is 2.92. The van der Waals surface area contributed by atoms with Crippen LogP contribution in [0, 0.1) is 6.92 Å². The number of amides is 1. The largest absolute Gasteiger partial charge is 0.354 e. The fraction of sp³-hybridized carbons (Fsp3) is 0.556. The molecule has 0 bridgehead atoms. The van der Waals surface area contributed by atoms with Crippen molar-refractivity contribution in [1.82, 2.24) is 19.2 Å². The van der Waals surface area contributed by atoms with E-state index in [0.717, 1.165) is 4.31 Å². The molecule has 7 nitrogen and oxygen atoms in total. The lowest BCUT2D eigenvalue weighted by Gasteiger charge is -2.24. The van der Waals surface area contributed by atoms with E-state index in [2.05, 4.69) is 10.3 Å². The zero-order valence-electron chi connectivity index (χ0n) is 9.67. The van der Waals surface area contributed by atoms with E-state index in [1.54, 1.807) is 18.5 Å². The Morgan fingerprint density at radius 1 is 1.47 bits per heavy atom. The second-order valence-corrected chi connectivity index (χ2v) is 5.81. The molecule has 1 fully saturated rings. The molecule has 0 unspecified atom stereocenters. The molecule has 1 amide bonds. The van der Waals surface area contributed by atoms with Crippen molar-refractivity contribution in [3.63, 3.8) is 0 Å². The molecule has 17 heavy (non-hydrogen) atoms. The van der Waals surface area contributed by atoms with Gasteiger partial charge in [-0.3, -0.25) is 4.79 Å². The first-order chi connectivity index (χ1) is 7.91. The minimum atomic E-state index is -3.66. The molecule has 0 atom stereocenters. The summed E-state index contributed by atoms with van der Waals surface area (Å²) < 4.78 is 27.1. The third-order valence-corrected chi connectivity index (χ3v) is 4.41. The van der Waals surface area contributed by atoms with E-state index in [-0.39, 0.29) is 24.0 Å². The molecule has 8 heteroatoms. The van der Waals surface area contributed by atoms with Crippen molar-refractivity contribution in [3.05, 3.63) is 12.0 Å². The zero-order valence-corrected chi connectivity index (χ0v) is 10.5. The Balaban J connectivity index is 2.32. The van der Waals surface area contributed by atoms with Crippen molar-refractivity contribution in [3.8, 4) is 0 Å². The monoisotopic (exact) mass is 258 g/mol. The van der Waals surface area contributed by atoms with Crippen LogP contribution in [0.1, 0.15) is 5.82 Å². The average molecular weight is 258 g/mol. The van der Waals surface area contributed by atoms with Gasteiger partial charge in [-0.15, -0.1) is 0 Å². The normalized spacial score (nSPS) is 18.1. The minimum absolute atomic E-state index is 0.00722. The number of sulfonamides is 1. The van der Waals surface area contributed by atoms with Crippen LogP contribution in [-0.2, 0) is 21.9 Å². The van der Waals surface area contributed by atoms with Gasteiger partial charge in [0.25, 0.3) is 10.0 Å². The standard InChI is InChI=1S/C9H14N4O3S/c1-7-11-9(6-12(7)2)17(15,16)13-4-3-10-8(14)5-13/h6H,3-5H2,1-2H3,(H,10,14). The molecule has 0 radical (unpaired) electrons. The lowest BCUT2D eigenvalue weighted by atomic mass is 10.4. The summed E-state index contributed by atoms with van der Waals surface area (Å²) >= 11 is 0. The van der Waals surface area contributed by atoms with E-state index in [1.165, 1.54) is 6.20 Å². The second-order valence-electron chi connectivity index (χ2n) is 3.93. The predicted octanol–water partition coefficient (Wildman–Crippen LogP) is -1.15. The van der Waals surface area contributed by atoms with E-state index in [9.17, 15) is 13.2 Å². The fourth-order valence-corrected chi connectivity index (χ4v) is 3.03. The number of carbonyl (C=O) groups excluding carboxylic acids is 1. The number of aryl methyl sites for hydroxylation is 2. The van der Waals surface area contributed by atoms with Crippen LogP contribution in [0.25, 0.3) is 0 Å². The molecule has 2 heterocycles. The summed E-state index contributed by atoms with van der Waals surface area (Å²) in [5.74, 6) is 0.331. The maximum Gasteiger partial charge on any atom is 0.262 e. The molecular weight excluding hydrogens is 244 g/mol. The number of carbonyl (C=O) groups is 1. The van der Waals surface area contributed by atoms with Gasteiger partial charge in [0.1, 0.15) is 5.82 Å². The van der Waals surface area contributed by atoms with Crippen LogP contribution >= 0.6 is 0 Å². The highest BCUT2D eigenvalue weighted by molar-refractivity contribution is 7.89. The molecular formula is C9H14N4O3S. The van der Waals surface area contributed by atoms with Crippen LogP contribution in [-0.4, -0.2) is 47.8 Å². The number of hydrogen-bond donors (Lipinski definition) is 1. The van der Waals surface area contributed by atoms with Crippen LogP contribution in [0.3, 0.4) is 0 Å². The van der Waals surface area contributed by atoms with Gasteiger partial charge in [-0.25, -0.2) is 13.4 Å². The third-order valence-electron chi connectivity index (χ3n) is 2.69. The lowest BCUT2D eigenvalue weighted by molar-refractivity contribution is -0.122. The quantitative estimate of drug-likeness (QED) is 0.726. The number of hydrogen-bond acceptors (Lipinski definition) is 4. The summed E-state index contributed by atoms with van der Waals surface area (Å²) in [5, 5.41) is 2.57. The topological polar surface area (TPSA) is 84.3 Å². The molecule has 0 saturated carbocycles. The Morgan fingerprint density at radius 2 is 2.18 bits per heavy atom. The highest BCUT2D eigenvalue weighted by atomic mass is 32.2. The van der Waals surface area contributed by atoms with Crippen molar-refractivity contribution in [2.45, 2.75) is 11.9 Å². The summed E-state index contributed by atoms with van der Waals surface area (Å²) in [6.07, 6.45) is 1.46. The lowest BCUT2D eigenvalue weighted by Crippen LogP contribution is -2.49. The molecule has 94 valence electrons. The van der Waals surface area contributed by atoms with Crippen LogP contribution in [0.15, 0.2) is 11.2 Å². The Labute approximate surface area is 99.5 Å². The number of nitrogens with one attached hydrogen (secondary N) is 1. The second kappa shape index (κ2) is 4.11. The predicted molar refractivity (Wildman–Crippen MR) is 59.7 cm³/mol. The SMILES string of the molecule is Cc1nc(S(=O)(=O)N2CCNC(=O)C2)cn1C. The number of imidazole rings is 1. The number of nitrogens with zero attached hydrogens (tertiary/aromatic N) is 3. The molecule has 2 rings (SSSR count). The number of aromatic nitrogens is 2. The highest BCUT2D eigenvalue weighted by Gasteiger charge is 2.31. The molecule has 1 aromatic heterocycles. The van der Waals surface area contributed by atoms with Crippen molar-refractivity contribution in [2.75, 3.05) is 19.6 Å². The van der Waals surface area contributed by atoms with Crippen molar-refractivity contribution in [1.29, 1.82) is 0 Å². The summed E-state index contributed by atoms with van der Waals surface area (Å²) in [4.78, 5) is 15.2. The van der Waals surface area contributed by atoms with Gasteiger partial charge < -0.3 is 9.88 Å². The Morgan fingerprint density at radius 3 is 2.71 bits per heavy atom. The van der Waals surface area contributed by atoms with Gasteiger partial charge in [-0.05, 0) is 6.92 Å². The van der Waals surface area contributed by atoms with Crippen molar-refractivity contribution in [2.24, 2.45) is 7.05 Å². The van der Waals surface area contributed by atoms with Gasteiger partial charge in [-0.1, -0.05) is 0 Å². The molecule has 0 aliphatic carbocycles. The molecule has 1 aliphatic rings. The maximum atomic E-state index is 12.2. The molecule has 0 spiro atoms. The third kappa shape index (κ3) is 2.18. The van der Waals surface area contributed by atoms with Gasteiger partial charge in [0.2, 0.25) is 5.91 Å². The van der Waals surface area contributed by atoms with E-state index in [0.29, 0.717) is 12.4 Å². The Hall–Kier alpha value is -1.41. The Bertz CT molecular complexity index is 529. The van der Waals surface area contributed by atoms with Crippen LogP contribution < -0.4 is 5.32 Å². The number of piperazine rings is 1. The van der Waals surface area contributed by atoms with Crippen LogP contribution in [0.4, 0.5) is 0 Å². The highest BCUT2D eigenvalue weighted by Crippen LogP contribution is 2.15. The van der Waals surface area contributed by atoms with E-state index >= 15 is 0 Å². The molecule has 1 saturated heterocycles. The minimum Gasteiger partial charge on any atom is -0.354 e. The first-order valence-electron chi connectivity index (χ1n) is 5.18. The first-order valence-corrected chi connectivity index (χ1v) is 6.62. The smallest absolute Gasteiger partial charge is 0.262 e. The van der Waals surface area contributed by atoms with E-state index < -0.39 is 10.0 Å². The van der Waals surface area contributed by atoms with Crippen LogP contribution in [0.2, 0.25) is 0 Å². The molecule has 0 aromatic carbocycles. The van der Waals surface area contributed by atoms with E-state index in [4.69, 9.17) is 0 Å². The van der Waals surface area contributed by atoms with Gasteiger partial charge in [0.15, 0.2) is 5.03 Å². The number of rotatable bonds is 2. The molecule has 1 aromatic rings. The van der Waals surface area contributed by atoms with Gasteiger partial charge >= 0.3 is 0 Å². The summed E-state index contributed by atoms with van der Waals surface area (Å²) in [7, 11) is -1.93. The average Bonchev–Trinajstić information content (AvgIpc) is 2.60. The van der Waals surface area contributed by atoms with E-state index in [1.807, 2.05) is 0 Å². The van der Waals surface area contributed by atoms with Crippen molar-refractivity contribution < 1.29 is 13.2 Å². The summed E-state index contributed by atoms with van der Waals surface area (Å²) in [6.45, 7) is 2.20. The van der Waals surface area contributed by atoms with Gasteiger partial charge in [-0.2, -0.15) is 4.31 Å². The van der Waals surface area contributed by atoms with Crippen molar-refractivity contribution >= 4 is 15.9 Å². The zero-order chi connectivity index (χ0) is 12.6. The summed E-state index contributed by atoms with van der Waals surface area (Å²) in [6, 6.07) is 0.